The van der Waals surface area contributed by atoms with Crippen LogP contribution < -0.4 is 10.2 Å². The molecule has 1 aromatic carbocycles. The standard InChI is InChI=1S/C21H32N4O/c1-15(2)11-13-25-19-10-6-5-9-18(19)23-21(25)24-12-7-8-17(14-24)20(26)22-16(3)4/h5-6,9-10,15-17H,7-8,11-14H2,1-4H3,(H,22,26). The minimum Gasteiger partial charge on any atom is -0.354 e. The number of benzene rings is 1. The lowest BCUT2D eigenvalue weighted by atomic mass is 9.97. The average molecular weight is 357 g/mol. The lowest BCUT2D eigenvalue weighted by Crippen LogP contribution is -2.45. The van der Waals surface area contributed by atoms with E-state index in [-0.39, 0.29) is 17.9 Å². The van der Waals surface area contributed by atoms with E-state index in [1.54, 1.807) is 0 Å². The third-order valence-corrected chi connectivity index (χ3v) is 5.07. The number of para-hydroxylation sites is 2. The highest BCUT2D eigenvalue weighted by atomic mass is 16.2. The number of anilines is 1. The van der Waals surface area contributed by atoms with Crippen LogP contribution in [0.4, 0.5) is 5.95 Å². The molecule has 5 heteroatoms. The number of hydrogen-bond donors (Lipinski definition) is 1. The van der Waals surface area contributed by atoms with Crippen molar-refractivity contribution in [1.82, 2.24) is 14.9 Å². The second-order valence-corrected chi connectivity index (χ2v) is 8.18. The van der Waals surface area contributed by atoms with E-state index in [0.29, 0.717) is 5.92 Å². The molecular weight excluding hydrogens is 324 g/mol. The van der Waals surface area contributed by atoms with Crippen molar-refractivity contribution in [2.45, 2.75) is 59.5 Å². The number of hydrogen-bond acceptors (Lipinski definition) is 3. The summed E-state index contributed by atoms with van der Waals surface area (Å²) in [6, 6.07) is 8.54. The van der Waals surface area contributed by atoms with Crippen LogP contribution in [0.5, 0.6) is 0 Å². The normalized spacial score (nSPS) is 18.1. The monoisotopic (exact) mass is 356 g/mol. The summed E-state index contributed by atoms with van der Waals surface area (Å²) in [6.45, 7) is 11.2. The van der Waals surface area contributed by atoms with Gasteiger partial charge in [-0.1, -0.05) is 26.0 Å². The third-order valence-electron chi connectivity index (χ3n) is 5.07. The fraction of sp³-hybridized carbons (Fsp3) is 0.619. The molecule has 2 aromatic rings. The van der Waals surface area contributed by atoms with Crippen molar-refractivity contribution < 1.29 is 4.79 Å². The Bertz CT molecular complexity index is 750. The van der Waals surface area contributed by atoms with Crippen molar-refractivity contribution in [3.63, 3.8) is 0 Å². The Balaban J connectivity index is 1.86. The van der Waals surface area contributed by atoms with E-state index in [2.05, 4.69) is 46.8 Å². The van der Waals surface area contributed by atoms with Gasteiger partial charge in [-0.3, -0.25) is 4.79 Å². The van der Waals surface area contributed by atoms with Crippen molar-refractivity contribution in [2.75, 3.05) is 18.0 Å². The topological polar surface area (TPSA) is 50.2 Å². The molecule has 1 aliphatic rings. The Hall–Kier alpha value is -2.04. The molecule has 0 radical (unpaired) electrons. The maximum atomic E-state index is 12.5. The van der Waals surface area contributed by atoms with Gasteiger partial charge in [0.2, 0.25) is 11.9 Å². The van der Waals surface area contributed by atoms with Gasteiger partial charge in [0.05, 0.1) is 17.0 Å². The summed E-state index contributed by atoms with van der Waals surface area (Å²) in [5.74, 6) is 1.89. The molecule has 26 heavy (non-hydrogen) atoms. The van der Waals surface area contributed by atoms with E-state index in [1.165, 1.54) is 5.52 Å². The van der Waals surface area contributed by atoms with Gasteiger partial charge >= 0.3 is 0 Å². The van der Waals surface area contributed by atoms with Gasteiger partial charge in [0, 0.05) is 25.7 Å². The molecule has 0 bridgehead atoms. The smallest absolute Gasteiger partial charge is 0.225 e. The van der Waals surface area contributed by atoms with Crippen LogP contribution in [0, 0.1) is 11.8 Å². The van der Waals surface area contributed by atoms with Gasteiger partial charge in [-0.25, -0.2) is 4.98 Å². The summed E-state index contributed by atoms with van der Waals surface area (Å²) in [6.07, 6.45) is 3.11. The van der Waals surface area contributed by atoms with Crippen LogP contribution in [-0.4, -0.2) is 34.6 Å². The number of nitrogens with one attached hydrogen (secondary N) is 1. The molecule has 1 saturated heterocycles. The molecule has 1 unspecified atom stereocenters. The van der Waals surface area contributed by atoms with Crippen molar-refractivity contribution in [3.05, 3.63) is 24.3 Å². The molecule has 0 saturated carbocycles. The van der Waals surface area contributed by atoms with Crippen molar-refractivity contribution in [1.29, 1.82) is 0 Å². The first-order valence-electron chi connectivity index (χ1n) is 9.96. The summed E-state index contributed by atoms with van der Waals surface area (Å²) in [7, 11) is 0. The Morgan fingerprint density at radius 2 is 2.04 bits per heavy atom. The van der Waals surface area contributed by atoms with Gasteiger partial charge in [-0.15, -0.1) is 0 Å². The molecule has 1 atom stereocenters. The van der Waals surface area contributed by atoms with Gasteiger partial charge in [-0.05, 0) is 51.2 Å². The summed E-state index contributed by atoms with van der Waals surface area (Å²) in [4.78, 5) is 19.7. The number of nitrogens with zero attached hydrogens (tertiary/aromatic N) is 3. The minimum atomic E-state index is 0.0458. The zero-order valence-electron chi connectivity index (χ0n) is 16.5. The number of aryl methyl sites for hydroxylation is 1. The maximum absolute atomic E-state index is 12.5. The molecule has 0 aliphatic carbocycles. The van der Waals surface area contributed by atoms with E-state index in [1.807, 2.05) is 19.9 Å². The predicted octanol–water partition coefficient (Wildman–Crippen LogP) is 3.82. The fourth-order valence-electron chi connectivity index (χ4n) is 3.69. The lowest BCUT2D eigenvalue weighted by Gasteiger charge is -2.33. The van der Waals surface area contributed by atoms with Gasteiger partial charge in [-0.2, -0.15) is 0 Å². The zero-order valence-corrected chi connectivity index (χ0v) is 16.5. The molecule has 2 heterocycles. The van der Waals surface area contributed by atoms with Crippen LogP contribution in [0.2, 0.25) is 0 Å². The number of carbonyl (C=O) groups excluding carboxylic acids is 1. The van der Waals surface area contributed by atoms with Crippen molar-refractivity contribution >= 4 is 22.9 Å². The maximum Gasteiger partial charge on any atom is 0.225 e. The molecule has 1 N–H and O–H groups in total. The van der Waals surface area contributed by atoms with Crippen LogP contribution in [0.15, 0.2) is 24.3 Å². The van der Waals surface area contributed by atoms with Crippen molar-refractivity contribution in [2.24, 2.45) is 11.8 Å². The third kappa shape index (κ3) is 4.19. The molecule has 1 fully saturated rings. The fourth-order valence-corrected chi connectivity index (χ4v) is 3.69. The first-order chi connectivity index (χ1) is 12.5. The molecule has 1 aliphatic heterocycles. The summed E-state index contributed by atoms with van der Waals surface area (Å²) < 4.78 is 2.35. The highest BCUT2D eigenvalue weighted by molar-refractivity contribution is 5.81. The molecule has 5 nitrogen and oxygen atoms in total. The Morgan fingerprint density at radius 3 is 2.77 bits per heavy atom. The van der Waals surface area contributed by atoms with E-state index < -0.39 is 0 Å². The van der Waals surface area contributed by atoms with E-state index in [0.717, 1.165) is 50.4 Å². The van der Waals surface area contributed by atoms with Crippen molar-refractivity contribution in [3.8, 4) is 0 Å². The number of aromatic nitrogens is 2. The van der Waals surface area contributed by atoms with Crippen LogP contribution in [0.3, 0.4) is 0 Å². The van der Waals surface area contributed by atoms with Gasteiger partial charge in [0.25, 0.3) is 0 Å². The zero-order chi connectivity index (χ0) is 18.7. The highest BCUT2D eigenvalue weighted by Crippen LogP contribution is 2.28. The highest BCUT2D eigenvalue weighted by Gasteiger charge is 2.28. The van der Waals surface area contributed by atoms with Crippen LogP contribution in [-0.2, 0) is 11.3 Å². The number of piperidine rings is 1. The Morgan fingerprint density at radius 1 is 1.27 bits per heavy atom. The van der Waals surface area contributed by atoms with Crippen LogP contribution in [0.25, 0.3) is 11.0 Å². The molecular formula is C21H32N4O. The molecule has 3 rings (SSSR count). The predicted molar refractivity (Wildman–Crippen MR) is 107 cm³/mol. The number of imidazole rings is 1. The summed E-state index contributed by atoms with van der Waals surface area (Å²) in [5, 5.41) is 3.07. The number of fused-ring (bicyclic) bond motifs is 1. The second-order valence-electron chi connectivity index (χ2n) is 8.18. The first-order valence-corrected chi connectivity index (χ1v) is 9.96. The number of rotatable bonds is 6. The number of carbonyl (C=O) groups is 1. The second kappa shape index (κ2) is 8.11. The number of amides is 1. The van der Waals surface area contributed by atoms with Crippen LogP contribution >= 0.6 is 0 Å². The first kappa shape index (κ1) is 18.7. The molecule has 142 valence electrons. The van der Waals surface area contributed by atoms with Gasteiger partial charge in [0.1, 0.15) is 0 Å². The van der Waals surface area contributed by atoms with E-state index in [9.17, 15) is 4.79 Å². The van der Waals surface area contributed by atoms with E-state index in [4.69, 9.17) is 4.98 Å². The Kier molecular flexibility index (Phi) is 5.84. The SMILES string of the molecule is CC(C)CCn1c(N2CCCC(C(=O)NC(C)C)C2)nc2ccccc21. The molecule has 0 spiro atoms. The van der Waals surface area contributed by atoms with Gasteiger partial charge in [0.15, 0.2) is 0 Å². The van der Waals surface area contributed by atoms with E-state index >= 15 is 0 Å². The quantitative estimate of drug-likeness (QED) is 0.856. The van der Waals surface area contributed by atoms with Gasteiger partial charge < -0.3 is 14.8 Å². The average Bonchev–Trinajstić information content (AvgIpc) is 2.98. The lowest BCUT2D eigenvalue weighted by molar-refractivity contribution is -0.125. The van der Waals surface area contributed by atoms with Crippen LogP contribution in [0.1, 0.15) is 47.0 Å². The summed E-state index contributed by atoms with van der Waals surface area (Å²) in [5.41, 5.74) is 2.23. The molecule has 1 aromatic heterocycles. The summed E-state index contributed by atoms with van der Waals surface area (Å²) >= 11 is 0. The largest absolute Gasteiger partial charge is 0.354 e. The Labute approximate surface area is 156 Å². The molecule has 1 amide bonds. The minimum absolute atomic E-state index is 0.0458.